The molecular formula is C15H24N4O. The average Bonchev–Trinajstić information content (AvgIpc) is 2.83. The number of methoxy groups -OCH3 is 1. The van der Waals surface area contributed by atoms with Gasteiger partial charge in [-0.3, -0.25) is 11.3 Å². The second kappa shape index (κ2) is 7.38. The predicted octanol–water partition coefficient (Wildman–Crippen LogP) is 1.86. The lowest BCUT2D eigenvalue weighted by Crippen LogP contribution is -2.37. The fourth-order valence-electron chi connectivity index (χ4n) is 2.57. The summed E-state index contributed by atoms with van der Waals surface area (Å²) in [6, 6.07) is 8.48. The van der Waals surface area contributed by atoms with Crippen molar-refractivity contribution in [3.05, 3.63) is 30.1 Å². The number of nitrogens with two attached hydrogens (primary N) is 1. The van der Waals surface area contributed by atoms with E-state index >= 15 is 0 Å². The molecular weight excluding hydrogens is 252 g/mol. The lowest BCUT2D eigenvalue weighted by atomic mass is 10.1. The van der Waals surface area contributed by atoms with Gasteiger partial charge in [0.2, 0.25) is 0 Å². The smallest absolute Gasteiger partial charge is 0.111 e. The summed E-state index contributed by atoms with van der Waals surface area (Å²) in [6.07, 6.45) is 2.82. The zero-order valence-electron chi connectivity index (χ0n) is 12.3. The molecule has 0 bridgehead atoms. The van der Waals surface area contributed by atoms with Crippen LogP contribution < -0.4 is 11.3 Å². The van der Waals surface area contributed by atoms with Crippen LogP contribution in [0.15, 0.2) is 24.3 Å². The Kier molecular flexibility index (Phi) is 5.52. The highest BCUT2D eigenvalue weighted by Gasteiger charge is 2.14. The van der Waals surface area contributed by atoms with Crippen LogP contribution in [0.4, 0.5) is 0 Å². The van der Waals surface area contributed by atoms with Crippen molar-refractivity contribution < 1.29 is 4.74 Å². The van der Waals surface area contributed by atoms with Crippen LogP contribution in [0.5, 0.6) is 0 Å². The largest absolute Gasteiger partial charge is 0.385 e. The number of hydrogen-bond acceptors (Lipinski definition) is 4. The van der Waals surface area contributed by atoms with Gasteiger partial charge in [0.05, 0.1) is 11.0 Å². The average molecular weight is 276 g/mol. The molecule has 5 heteroatoms. The molecule has 0 spiro atoms. The predicted molar refractivity (Wildman–Crippen MR) is 81.3 cm³/mol. The van der Waals surface area contributed by atoms with Gasteiger partial charge in [0, 0.05) is 32.7 Å². The highest BCUT2D eigenvalue weighted by Crippen LogP contribution is 2.17. The molecule has 20 heavy (non-hydrogen) atoms. The lowest BCUT2D eigenvalue weighted by molar-refractivity contribution is 0.188. The number of imidazole rings is 1. The number of benzene rings is 1. The number of hydrazine groups is 1. The van der Waals surface area contributed by atoms with Gasteiger partial charge in [0.15, 0.2) is 0 Å². The molecule has 0 amide bonds. The number of hydrogen-bond donors (Lipinski definition) is 2. The van der Waals surface area contributed by atoms with Gasteiger partial charge in [-0.15, -0.1) is 0 Å². The van der Waals surface area contributed by atoms with Crippen LogP contribution in [0.1, 0.15) is 25.6 Å². The van der Waals surface area contributed by atoms with Crippen LogP contribution in [0.3, 0.4) is 0 Å². The maximum Gasteiger partial charge on any atom is 0.111 e. The van der Waals surface area contributed by atoms with E-state index in [4.69, 9.17) is 15.6 Å². The first-order valence-electron chi connectivity index (χ1n) is 7.19. The summed E-state index contributed by atoms with van der Waals surface area (Å²) in [5, 5.41) is 0. The summed E-state index contributed by atoms with van der Waals surface area (Å²) in [5.41, 5.74) is 5.14. The van der Waals surface area contributed by atoms with E-state index in [2.05, 4.69) is 35.1 Å². The first-order chi connectivity index (χ1) is 9.80. The molecule has 2 aromatic rings. The van der Waals surface area contributed by atoms with Crippen molar-refractivity contribution in [2.45, 2.75) is 38.8 Å². The quantitative estimate of drug-likeness (QED) is 0.439. The monoisotopic (exact) mass is 276 g/mol. The van der Waals surface area contributed by atoms with Crippen LogP contribution in [0.2, 0.25) is 0 Å². The van der Waals surface area contributed by atoms with Crippen LogP contribution in [-0.2, 0) is 17.7 Å². The minimum atomic E-state index is 0.229. The Balaban J connectivity index is 2.14. The molecule has 0 saturated carbocycles. The van der Waals surface area contributed by atoms with Gasteiger partial charge < -0.3 is 9.30 Å². The molecule has 2 rings (SSSR count). The van der Waals surface area contributed by atoms with Crippen LogP contribution >= 0.6 is 0 Å². The SMILES string of the molecule is CCn1c(CC(CCCOC)NN)nc2ccccc21. The Bertz CT molecular complexity index is 538. The van der Waals surface area contributed by atoms with Crippen molar-refractivity contribution in [2.24, 2.45) is 5.84 Å². The number of nitrogens with zero attached hydrogens (tertiary/aromatic N) is 2. The summed E-state index contributed by atoms with van der Waals surface area (Å²) in [4.78, 5) is 4.74. The van der Waals surface area contributed by atoms with Crippen molar-refractivity contribution in [3.63, 3.8) is 0 Å². The van der Waals surface area contributed by atoms with Gasteiger partial charge in [-0.25, -0.2) is 4.98 Å². The first-order valence-corrected chi connectivity index (χ1v) is 7.19. The minimum absolute atomic E-state index is 0.229. The van der Waals surface area contributed by atoms with Gasteiger partial charge >= 0.3 is 0 Å². The van der Waals surface area contributed by atoms with E-state index in [1.807, 2.05) is 6.07 Å². The maximum atomic E-state index is 5.66. The number of aromatic nitrogens is 2. The van der Waals surface area contributed by atoms with Crippen molar-refractivity contribution >= 4 is 11.0 Å². The molecule has 0 aliphatic rings. The molecule has 110 valence electrons. The van der Waals surface area contributed by atoms with Crippen molar-refractivity contribution in [3.8, 4) is 0 Å². The van der Waals surface area contributed by atoms with E-state index in [1.54, 1.807) is 7.11 Å². The van der Waals surface area contributed by atoms with Gasteiger partial charge in [-0.2, -0.15) is 0 Å². The van der Waals surface area contributed by atoms with Crippen LogP contribution in [0.25, 0.3) is 11.0 Å². The third-order valence-electron chi connectivity index (χ3n) is 3.62. The lowest BCUT2D eigenvalue weighted by Gasteiger charge is -2.16. The van der Waals surface area contributed by atoms with Crippen LogP contribution in [-0.4, -0.2) is 29.3 Å². The van der Waals surface area contributed by atoms with Gasteiger partial charge in [0.1, 0.15) is 5.82 Å². The Morgan fingerprint density at radius 3 is 2.90 bits per heavy atom. The third kappa shape index (κ3) is 3.36. The zero-order chi connectivity index (χ0) is 14.4. The zero-order valence-corrected chi connectivity index (χ0v) is 12.3. The number of para-hydroxylation sites is 2. The summed E-state index contributed by atoms with van der Waals surface area (Å²) < 4.78 is 7.35. The highest BCUT2D eigenvalue weighted by atomic mass is 16.5. The fraction of sp³-hybridized carbons (Fsp3) is 0.533. The first kappa shape index (κ1) is 15.0. The standard InChI is InChI=1S/C15H24N4O/c1-3-19-14-9-5-4-8-13(14)17-15(19)11-12(18-16)7-6-10-20-2/h4-5,8-9,12,18H,3,6-7,10-11,16H2,1-2H3. The number of aryl methyl sites for hydroxylation is 1. The minimum Gasteiger partial charge on any atom is -0.385 e. The molecule has 0 aliphatic carbocycles. The normalized spacial score (nSPS) is 12.9. The number of nitrogens with one attached hydrogen (secondary N) is 1. The third-order valence-corrected chi connectivity index (χ3v) is 3.62. The Morgan fingerprint density at radius 2 is 2.20 bits per heavy atom. The van der Waals surface area contributed by atoms with E-state index in [0.717, 1.165) is 43.8 Å². The van der Waals surface area contributed by atoms with Gasteiger partial charge in [-0.1, -0.05) is 12.1 Å². The van der Waals surface area contributed by atoms with Crippen molar-refractivity contribution in [2.75, 3.05) is 13.7 Å². The Hall–Kier alpha value is -1.43. The Morgan fingerprint density at radius 1 is 1.40 bits per heavy atom. The van der Waals surface area contributed by atoms with E-state index in [-0.39, 0.29) is 6.04 Å². The van der Waals surface area contributed by atoms with E-state index in [0.29, 0.717) is 0 Å². The van der Waals surface area contributed by atoms with E-state index in [1.165, 1.54) is 5.52 Å². The molecule has 0 radical (unpaired) electrons. The molecule has 1 heterocycles. The Labute approximate surface area is 120 Å². The summed E-state index contributed by atoms with van der Waals surface area (Å²) in [7, 11) is 1.72. The molecule has 5 nitrogen and oxygen atoms in total. The molecule has 3 N–H and O–H groups in total. The molecule has 1 aromatic carbocycles. The molecule has 0 aliphatic heterocycles. The summed E-state index contributed by atoms with van der Waals surface area (Å²) in [5.74, 6) is 6.75. The van der Waals surface area contributed by atoms with Crippen molar-refractivity contribution in [1.82, 2.24) is 15.0 Å². The van der Waals surface area contributed by atoms with E-state index in [9.17, 15) is 0 Å². The second-order valence-corrected chi connectivity index (χ2v) is 4.96. The molecule has 0 saturated heterocycles. The topological polar surface area (TPSA) is 65.1 Å². The highest BCUT2D eigenvalue weighted by molar-refractivity contribution is 5.75. The van der Waals surface area contributed by atoms with Gasteiger partial charge in [-0.05, 0) is 31.9 Å². The van der Waals surface area contributed by atoms with E-state index < -0.39 is 0 Å². The summed E-state index contributed by atoms with van der Waals surface area (Å²) >= 11 is 0. The number of ether oxygens (including phenoxy) is 1. The molecule has 0 fully saturated rings. The second-order valence-electron chi connectivity index (χ2n) is 4.96. The summed E-state index contributed by atoms with van der Waals surface area (Å²) in [6.45, 7) is 3.83. The molecule has 1 atom stereocenters. The maximum absolute atomic E-state index is 5.66. The fourth-order valence-corrected chi connectivity index (χ4v) is 2.57. The van der Waals surface area contributed by atoms with Gasteiger partial charge in [0.25, 0.3) is 0 Å². The number of rotatable bonds is 8. The van der Waals surface area contributed by atoms with Crippen LogP contribution in [0, 0.1) is 0 Å². The van der Waals surface area contributed by atoms with Crippen molar-refractivity contribution in [1.29, 1.82) is 0 Å². The molecule has 1 aromatic heterocycles. The number of fused-ring (bicyclic) bond motifs is 1. The molecule has 1 unspecified atom stereocenters.